The molecular weight excluding hydrogens is 1900 g/mol. The van der Waals surface area contributed by atoms with E-state index >= 15 is 0 Å². The van der Waals surface area contributed by atoms with Crippen LogP contribution in [0.1, 0.15) is 202 Å². The topological polar surface area (TPSA) is 313 Å². The largest absolute Gasteiger partial charge is 0.508 e. The lowest BCUT2D eigenvalue weighted by Crippen LogP contribution is -2.35. The van der Waals surface area contributed by atoms with E-state index in [0.717, 1.165) is 81.3 Å². The van der Waals surface area contributed by atoms with Crippen molar-refractivity contribution in [2.45, 2.75) is 154 Å². The molecule has 146 heavy (non-hydrogen) atoms. The van der Waals surface area contributed by atoms with Crippen molar-refractivity contribution in [1.29, 1.82) is 0 Å². The van der Waals surface area contributed by atoms with Crippen LogP contribution in [0.5, 0.6) is 57.5 Å². The van der Waals surface area contributed by atoms with Crippen LogP contribution in [0.2, 0.25) is 10.0 Å². The van der Waals surface area contributed by atoms with Gasteiger partial charge in [0, 0.05) is 160 Å². The van der Waals surface area contributed by atoms with Gasteiger partial charge in [-0.25, -0.2) is 14.2 Å². The highest BCUT2D eigenvalue weighted by Crippen LogP contribution is 2.60. The highest BCUT2D eigenvalue weighted by atomic mass is 35.5. The molecule has 6 heterocycles. The zero-order valence-corrected chi connectivity index (χ0v) is 89.2. The normalized spacial score (nSPS) is 12.9. The van der Waals surface area contributed by atoms with Crippen LogP contribution in [0, 0.1) is 49.4 Å². The number of rotatable bonds is 15. The quantitative estimate of drug-likeness (QED) is 0.0115. The Hall–Kier alpha value is -14.9. The first kappa shape index (κ1) is 110. The molecule has 762 valence electrons. The molecule has 18 rings (SSSR count). The lowest BCUT2D eigenvalue weighted by molar-refractivity contribution is -0.121. The Balaban J connectivity index is 0.000000167. The van der Waals surface area contributed by atoms with E-state index in [4.69, 9.17) is 67.9 Å². The van der Waals surface area contributed by atoms with Gasteiger partial charge in [-0.15, -0.1) is 26.3 Å². The number of hydrogen-bond acceptors (Lipinski definition) is 19. The molecule has 6 aliphatic heterocycles. The number of nitrogens with one attached hydrogen (secondary N) is 4. The number of halogens is 2. The van der Waals surface area contributed by atoms with Gasteiger partial charge in [0.1, 0.15) is 81.5 Å². The van der Waals surface area contributed by atoms with Gasteiger partial charge in [0.25, 0.3) is 5.91 Å². The van der Waals surface area contributed by atoms with Crippen LogP contribution in [0.25, 0.3) is 66.8 Å². The van der Waals surface area contributed by atoms with Gasteiger partial charge in [0.2, 0.25) is 16.7 Å². The molecule has 8 aliphatic rings. The number of benzene rings is 12. The molecule has 2 amide bonds. The van der Waals surface area contributed by atoms with Crippen molar-refractivity contribution in [3.05, 3.63) is 337 Å². The van der Waals surface area contributed by atoms with Gasteiger partial charge < -0.3 is 84.2 Å². The van der Waals surface area contributed by atoms with E-state index in [1.807, 2.05) is 50.3 Å². The average Bonchev–Trinajstić information content (AvgIpc) is 1.52. The maximum atomic E-state index is 13.2. The average molecular weight is 2030 g/mol. The van der Waals surface area contributed by atoms with Crippen molar-refractivity contribution >= 4 is 97.6 Å². The third-order valence-corrected chi connectivity index (χ3v) is 25.6. The number of esters is 2. The Kier molecular flexibility index (Phi) is 34.0. The summed E-state index contributed by atoms with van der Waals surface area (Å²) in [5, 5.41) is 66.0. The minimum Gasteiger partial charge on any atom is -0.508 e. The maximum absolute atomic E-state index is 13.2. The monoisotopic (exact) mass is 2030 g/mol. The number of anilines is 2. The molecular formula is C120H131Cl2N6O17S+. The third kappa shape index (κ3) is 24.7. The number of carbonyl (C=O) groups excluding carboxylic acids is 4. The van der Waals surface area contributed by atoms with Crippen LogP contribution in [0.4, 0.5) is 11.4 Å². The summed E-state index contributed by atoms with van der Waals surface area (Å²) in [6.07, 6.45) is 7.71. The van der Waals surface area contributed by atoms with Crippen molar-refractivity contribution in [3.63, 3.8) is 0 Å². The molecule has 26 heteroatoms. The zero-order chi connectivity index (χ0) is 107. The van der Waals surface area contributed by atoms with Gasteiger partial charge in [-0.1, -0.05) is 185 Å². The van der Waals surface area contributed by atoms with E-state index in [9.17, 15) is 49.5 Å². The highest BCUT2D eigenvalue weighted by Gasteiger charge is 2.56. The molecule has 10 aromatic carbocycles. The van der Waals surface area contributed by atoms with Crippen molar-refractivity contribution < 1.29 is 77.2 Å². The number of aryl methyl sites for hydroxylation is 4. The number of methoxy groups -OCH3 is 1. The fourth-order valence-electron chi connectivity index (χ4n) is 17.1. The Morgan fingerprint density at radius 3 is 1.54 bits per heavy atom. The number of hydrogen-bond donors (Lipinski definition) is 9. The number of nitrogens with zero attached hydrogens (tertiary/aromatic N) is 2. The van der Waals surface area contributed by atoms with Gasteiger partial charge in [0.15, 0.2) is 39.2 Å². The molecule has 10 aromatic rings. The zero-order valence-electron chi connectivity index (χ0n) is 86.9. The molecule has 0 saturated carbocycles. The molecule has 0 unspecified atom stereocenters. The smallest absolute Gasteiger partial charge is 0.340 e. The number of carbonyl (C=O) groups is 4. The number of amides is 2. The Labute approximate surface area is 869 Å². The first-order valence-corrected chi connectivity index (χ1v) is 49.3. The van der Waals surface area contributed by atoms with E-state index in [2.05, 4.69) is 242 Å². The van der Waals surface area contributed by atoms with Crippen LogP contribution >= 0.6 is 35.4 Å². The second-order valence-corrected chi connectivity index (χ2v) is 42.7. The van der Waals surface area contributed by atoms with Crippen molar-refractivity contribution in [2.75, 3.05) is 65.2 Å². The summed E-state index contributed by atoms with van der Waals surface area (Å²) < 4.78 is 43.8. The van der Waals surface area contributed by atoms with Crippen LogP contribution in [-0.2, 0) is 25.5 Å². The molecule has 2 spiro atoms. The summed E-state index contributed by atoms with van der Waals surface area (Å²) >= 11 is 18.2. The number of allylic oxidation sites excluding steroid dienone is 2. The van der Waals surface area contributed by atoms with Crippen molar-refractivity contribution in [2.24, 2.45) is 21.7 Å². The number of ether oxygens (including phenoxy) is 5. The van der Waals surface area contributed by atoms with E-state index in [0.29, 0.717) is 120 Å². The SMILES string of the molecule is C=C.C=CC(C)(C)C.C=CCC(C)(C)C.CC(C)(C)CNC(=O)CCCCCNC(=O)c1ccc2c(c1)C(=O)OC21c2ccc(O)cc2Oc2cc(O)ccc21.CC(C)(C)CNC(=S)Nc1ccc2c(c1)C(=O)OC21c2ccc(O)cc2Oc2cc(O)ccc21.COc1cc2c(-c3cc(C)ccc3C)c3cc(C)c(=O)c(Cl)c-3oc2c(Cl)c1O.Cc1ccccc1-c1c2ccc(=[N+](C)C)cc-2oc2cc(N(C)C)ccc12. The molecule has 0 saturated heterocycles. The van der Waals surface area contributed by atoms with E-state index in [1.165, 1.54) is 78.4 Å². The van der Waals surface area contributed by atoms with Gasteiger partial charge >= 0.3 is 11.9 Å². The molecule has 23 nitrogen and oxygen atoms in total. The first-order valence-electron chi connectivity index (χ1n) is 48.1. The van der Waals surface area contributed by atoms with Gasteiger partial charge in [0.05, 0.1) is 24.3 Å². The van der Waals surface area contributed by atoms with Gasteiger partial charge in [-0.2, -0.15) is 0 Å². The summed E-state index contributed by atoms with van der Waals surface area (Å²) in [6, 6.07) is 59.7. The standard InChI is InChI=1S/C32H34N2O7.C26H24N2O5S.C24H25N2O.C23H18Cl2O4.C7H14.C6H12.C2H4/c1-31(2,3)18-34-28(37)7-5-4-6-14-33-29(38)19-8-11-23-22(15-19)30(39)41-32(23)24-12-9-20(35)16-26(24)40-27-17-21(36)10-13-25(27)32;1-25(2,3)13-27-24(34)28-14-4-7-18-17(10-14)23(31)33-26(18)19-8-5-15(29)11-21(19)32-22-12-16(30)6-9-20(22)26;1-16-8-6-7-9-19(16)24-20-12-10-17(25(2)3)14-22(20)27-23-15-18(26(4)5)11-13-21(23)24;1-10-5-6-11(2)13(7-10)17-14-8-12(3)20(26)18(24)22(14)29-23-15(17)9-16(28-4)21(27)19(23)25;1-5-6-7(2,3)4;1-5-6(2,3)4;1-2/h8-13,15-17,35-36H,4-7,14,18H2,1-3H3,(H,33,38)(H,34,37);4-12,29-30H,13H2,1-3H3,(H2,27,28,34);6-15H,1-5H3;5-9,27H,1-4H3;5H,1,6H2,2-4H3;5H,1H2,2-4H3;1-2H2/q;;+1;;;;. The Morgan fingerprint density at radius 2 is 1.03 bits per heavy atom. The number of thiocarbonyl (C=S) groups is 1. The Morgan fingerprint density at radius 1 is 0.514 bits per heavy atom. The minimum atomic E-state index is -1.37. The fraction of sp³-hybridized carbons (Fsp3) is 0.292. The van der Waals surface area contributed by atoms with Crippen LogP contribution in [-0.4, -0.2) is 109 Å². The van der Waals surface area contributed by atoms with E-state index in [1.54, 1.807) is 61.5 Å². The number of aromatic hydroxyl groups is 5. The molecule has 0 bridgehead atoms. The second-order valence-electron chi connectivity index (χ2n) is 41.6. The predicted molar refractivity (Wildman–Crippen MR) is 590 cm³/mol. The minimum absolute atomic E-state index is 0.00287. The molecule has 2 aliphatic carbocycles. The lowest BCUT2D eigenvalue weighted by atomic mass is 9.77. The van der Waals surface area contributed by atoms with Crippen LogP contribution < -0.4 is 55.7 Å². The molecule has 0 atom stereocenters. The van der Waals surface area contributed by atoms with E-state index in [-0.39, 0.29) is 101 Å². The second kappa shape index (κ2) is 45.2. The van der Waals surface area contributed by atoms with Gasteiger partial charge in [-0.3, -0.25) is 14.4 Å². The number of phenolic OH excluding ortho intramolecular Hbond substituents is 5. The summed E-state index contributed by atoms with van der Waals surface area (Å²) in [5.41, 5.74) is 15.1. The van der Waals surface area contributed by atoms with Crippen LogP contribution in [0.15, 0.2) is 252 Å². The molecule has 0 fully saturated rings. The maximum Gasteiger partial charge on any atom is 0.340 e. The summed E-state index contributed by atoms with van der Waals surface area (Å²) in [4.78, 5) is 65.8. The third-order valence-electron chi connectivity index (χ3n) is 24.7. The first-order chi connectivity index (χ1) is 68.9. The van der Waals surface area contributed by atoms with Crippen molar-refractivity contribution in [1.82, 2.24) is 20.5 Å². The number of phenols is 5. The summed E-state index contributed by atoms with van der Waals surface area (Å²) in [7, 11) is 9.66. The van der Waals surface area contributed by atoms with Gasteiger partial charge in [-0.05, 0) is 212 Å². The molecule has 0 radical (unpaired) electrons. The van der Waals surface area contributed by atoms with Crippen molar-refractivity contribution in [3.8, 4) is 102 Å². The number of unbranched alkanes of at least 4 members (excludes halogenated alkanes) is 2. The number of fused-ring (bicyclic) bond motifs is 16. The fourth-order valence-corrected chi connectivity index (χ4v) is 17.8. The highest BCUT2D eigenvalue weighted by molar-refractivity contribution is 7.80. The van der Waals surface area contributed by atoms with Crippen LogP contribution in [0.3, 0.4) is 0 Å². The summed E-state index contributed by atoms with van der Waals surface area (Å²) in [5.74, 6) is 1.00. The summed E-state index contributed by atoms with van der Waals surface area (Å²) in [6.45, 7) is 48.5. The predicted octanol–water partition coefficient (Wildman–Crippen LogP) is 26.9. The van der Waals surface area contributed by atoms with E-state index < -0.39 is 23.1 Å². The lowest BCUT2D eigenvalue weighted by Gasteiger charge is -2.36. The molecule has 0 aromatic heterocycles. The molecule has 9 N–H and O–H groups in total. The Bertz CT molecular complexity index is 7330.